The largest absolute Gasteiger partial charge is 0.357 e. The summed E-state index contributed by atoms with van der Waals surface area (Å²) in [5.74, 6) is 0. The molecule has 0 saturated carbocycles. The van der Waals surface area contributed by atoms with Crippen LogP contribution in [0.5, 0.6) is 0 Å². The summed E-state index contributed by atoms with van der Waals surface area (Å²) in [6.07, 6.45) is 8.31. The van der Waals surface area contributed by atoms with Crippen LogP contribution in [0.3, 0.4) is 0 Å². The fourth-order valence-electron chi connectivity index (χ4n) is 2.85. The molecule has 0 aromatic heterocycles. The molecule has 0 radical (unpaired) electrons. The summed E-state index contributed by atoms with van der Waals surface area (Å²) < 4.78 is 0. The maximum Gasteiger partial charge on any atom is 0.103 e. The molecule has 0 fully saturated rings. The predicted molar refractivity (Wildman–Crippen MR) is 99.0 cm³/mol. The first-order valence-electron chi connectivity index (χ1n) is 7.93. The second-order valence-electron chi connectivity index (χ2n) is 5.76. The summed E-state index contributed by atoms with van der Waals surface area (Å²) in [7, 11) is 2.02. The summed E-state index contributed by atoms with van der Waals surface area (Å²) in [6.45, 7) is 0. The van der Waals surface area contributed by atoms with Crippen molar-refractivity contribution in [2.75, 3.05) is 7.05 Å². The minimum atomic E-state index is 0.920. The van der Waals surface area contributed by atoms with Gasteiger partial charge >= 0.3 is 0 Å². The van der Waals surface area contributed by atoms with Crippen molar-refractivity contribution in [1.29, 1.82) is 0 Å². The first-order valence-corrected chi connectivity index (χ1v) is 7.93. The molecule has 0 spiro atoms. The van der Waals surface area contributed by atoms with Gasteiger partial charge in [0.1, 0.15) is 11.4 Å². The van der Waals surface area contributed by atoms with Crippen molar-refractivity contribution >= 4 is 11.4 Å². The van der Waals surface area contributed by atoms with Gasteiger partial charge in [0, 0.05) is 36.1 Å². The normalized spacial score (nSPS) is 16.5. The van der Waals surface area contributed by atoms with Gasteiger partial charge in [-0.15, -0.1) is 10.2 Å². The van der Waals surface area contributed by atoms with Gasteiger partial charge in [-0.05, 0) is 17.7 Å². The molecular formula is C21H17N3. The van der Waals surface area contributed by atoms with Crippen LogP contribution >= 0.6 is 0 Å². The fraction of sp³-hybridized carbons (Fsp3) is 0.0476. The van der Waals surface area contributed by atoms with Gasteiger partial charge in [-0.2, -0.15) is 0 Å². The molecular weight excluding hydrogens is 294 g/mol. The van der Waals surface area contributed by atoms with Gasteiger partial charge in [0.15, 0.2) is 0 Å². The Morgan fingerprint density at radius 3 is 1.58 bits per heavy atom. The van der Waals surface area contributed by atoms with Crippen LogP contribution in [0.15, 0.2) is 107 Å². The van der Waals surface area contributed by atoms with Gasteiger partial charge in [0.05, 0.1) is 0 Å². The van der Waals surface area contributed by atoms with E-state index in [1.54, 1.807) is 0 Å². The molecule has 2 heterocycles. The van der Waals surface area contributed by atoms with Crippen LogP contribution in [0, 0.1) is 0 Å². The minimum absolute atomic E-state index is 0.920. The highest BCUT2D eigenvalue weighted by Gasteiger charge is 2.25. The van der Waals surface area contributed by atoms with Gasteiger partial charge in [-0.1, -0.05) is 60.7 Å². The Bertz CT molecular complexity index is 827. The zero-order valence-electron chi connectivity index (χ0n) is 13.4. The average molecular weight is 311 g/mol. The average Bonchev–Trinajstić information content (AvgIpc) is 3.09. The van der Waals surface area contributed by atoms with Crippen molar-refractivity contribution in [2.24, 2.45) is 10.2 Å². The number of benzene rings is 2. The van der Waals surface area contributed by atoms with Crippen molar-refractivity contribution < 1.29 is 0 Å². The van der Waals surface area contributed by atoms with Crippen LogP contribution < -0.4 is 0 Å². The minimum Gasteiger partial charge on any atom is -0.357 e. The molecule has 2 aromatic carbocycles. The molecule has 0 aliphatic carbocycles. The lowest BCUT2D eigenvalue weighted by Gasteiger charge is -2.16. The molecule has 0 bridgehead atoms. The third kappa shape index (κ3) is 2.61. The zero-order chi connectivity index (χ0) is 16.4. The van der Waals surface area contributed by atoms with E-state index >= 15 is 0 Å². The highest BCUT2D eigenvalue weighted by molar-refractivity contribution is 6.37. The van der Waals surface area contributed by atoms with E-state index in [0.29, 0.717) is 0 Å². The molecule has 0 atom stereocenters. The van der Waals surface area contributed by atoms with Crippen LogP contribution in [-0.4, -0.2) is 23.4 Å². The molecule has 116 valence electrons. The van der Waals surface area contributed by atoms with Gasteiger partial charge in [-0.25, -0.2) is 0 Å². The second kappa shape index (κ2) is 6.13. The van der Waals surface area contributed by atoms with Gasteiger partial charge in [0.2, 0.25) is 0 Å². The quantitative estimate of drug-likeness (QED) is 0.818. The van der Waals surface area contributed by atoms with Crippen molar-refractivity contribution in [3.05, 3.63) is 107 Å². The van der Waals surface area contributed by atoms with Crippen LogP contribution in [0.25, 0.3) is 0 Å². The number of nitrogens with zero attached hydrogens (tertiary/aromatic N) is 3. The highest BCUT2D eigenvalue weighted by atomic mass is 15.2. The smallest absolute Gasteiger partial charge is 0.103 e. The molecule has 0 unspecified atom stereocenters. The summed E-state index contributed by atoms with van der Waals surface area (Å²) in [5.41, 5.74) is 6.20. The fourth-order valence-corrected chi connectivity index (χ4v) is 2.85. The maximum atomic E-state index is 4.50. The Kier molecular flexibility index (Phi) is 3.67. The van der Waals surface area contributed by atoms with Crippen molar-refractivity contribution in [1.82, 2.24) is 4.90 Å². The van der Waals surface area contributed by atoms with Crippen LogP contribution in [0.4, 0.5) is 0 Å². The van der Waals surface area contributed by atoms with E-state index in [0.717, 1.165) is 33.7 Å². The van der Waals surface area contributed by atoms with E-state index in [-0.39, 0.29) is 0 Å². The summed E-state index contributed by atoms with van der Waals surface area (Å²) in [4.78, 5) is 2.03. The zero-order valence-corrected chi connectivity index (χ0v) is 13.4. The molecule has 3 nitrogen and oxygen atoms in total. The molecule has 3 heteroatoms. The molecule has 0 amide bonds. The molecule has 0 N–H and O–H groups in total. The SMILES string of the molecule is CN1C=CC(=C2C(c3ccccc3)=NN=C2c2ccccc2)C=C1. The third-order valence-electron chi connectivity index (χ3n) is 4.09. The molecule has 2 aromatic rings. The molecule has 24 heavy (non-hydrogen) atoms. The molecule has 2 aliphatic heterocycles. The standard InChI is InChI=1S/C21H17N3/c1-24-14-12-16(13-15-24)19-20(17-8-4-2-5-9-17)22-23-21(19)18-10-6-3-7-11-18/h2-15H,1H3. The summed E-state index contributed by atoms with van der Waals surface area (Å²) in [6, 6.07) is 20.4. The summed E-state index contributed by atoms with van der Waals surface area (Å²) >= 11 is 0. The van der Waals surface area contributed by atoms with E-state index in [2.05, 4.69) is 46.6 Å². The predicted octanol–water partition coefficient (Wildman–Crippen LogP) is 4.16. The van der Waals surface area contributed by atoms with Crippen LogP contribution in [-0.2, 0) is 0 Å². The Balaban J connectivity index is 1.86. The van der Waals surface area contributed by atoms with E-state index in [1.165, 1.54) is 0 Å². The van der Waals surface area contributed by atoms with Crippen molar-refractivity contribution in [3.63, 3.8) is 0 Å². The van der Waals surface area contributed by atoms with Gasteiger partial charge in [0.25, 0.3) is 0 Å². The van der Waals surface area contributed by atoms with Crippen molar-refractivity contribution in [2.45, 2.75) is 0 Å². The molecule has 2 aliphatic rings. The first kappa shape index (κ1) is 14.4. The molecule has 0 saturated heterocycles. The second-order valence-corrected chi connectivity index (χ2v) is 5.76. The summed E-state index contributed by atoms with van der Waals surface area (Å²) in [5, 5.41) is 9.01. The first-order chi connectivity index (χ1) is 11.8. The van der Waals surface area contributed by atoms with Gasteiger partial charge < -0.3 is 4.90 Å². The topological polar surface area (TPSA) is 28.0 Å². The van der Waals surface area contributed by atoms with Crippen LogP contribution in [0.2, 0.25) is 0 Å². The number of allylic oxidation sites excluding steroid dienone is 4. The van der Waals surface area contributed by atoms with Crippen molar-refractivity contribution in [3.8, 4) is 0 Å². The lowest BCUT2D eigenvalue weighted by atomic mass is 9.90. The Morgan fingerprint density at radius 2 is 1.12 bits per heavy atom. The van der Waals surface area contributed by atoms with E-state index in [4.69, 9.17) is 0 Å². The van der Waals surface area contributed by atoms with E-state index in [9.17, 15) is 0 Å². The number of hydrogen-bond acceptors (Lipinski definition) is 3. The lowest BCUT2D eigenvalue weighted by molar-refractivity contribution is 0.620. The van der Waals surface area contributed by atoms with E-state index < -0.39 is 0 Å². The maximum absolute atomic E-state index is 4.50. The van der Waals surface area contributed by atoms with E-state index in [1.807, 2.05) is 60.7 Å². The Labute approximate surface area is 141 Å². The Hall–Kier alpha value is -3.20. The Morgan fingerprint density at radius 1 is 0.667 bits per heavy atom. The third-order valence-corrected chi connectivity index (χ3v) is 4.09. The molecule has 4 rings (SSSR count). The number of rotatable bonds is 2. The highest BCUT2D eigenvalue weighted by Crippen LogP contribution is 2.27. The van der Waals surface area contributed by atoms with Gasteiger partial charge in [-0.3, -0.25) is 0 Å². The van der Waals surface area contributed by atoms with Crippen LogP contribution in [0.1, 0.15) is 11.1 Å². The number of hydrogen-bond donors (Lipinski definition) is 0. The lowest BCUT2D eigenvalue weighted by Crippen LogP contribution is -2.14. The monoisotopic (exact) mass is 311 g/mol.